The average molecular weight is 593 g/mol. The largest absolute Gasteiger partial charge is 0.392 e. The molecule has 7 rings (SSSR count). The molecule has 1 fully saturated rings. The molecule has 1 saturated heterocycles. The standard InChI is InChI=1S/C35H36N4O3S/c1-24-4-12-32(13-5-24)43(41,42)39-23-34(28-10-11-29-19-36-15-14-27(29)17-28)33-18-30(20-37-35(33)39)26-8-6-25(7-9-26)21-38-16-2-3-31(40)22-38/h4-13,17-18,20,23,31,36,40H,2-3,14-16,19,21-22H2,1H3. The predicted molar refractivity (Wildman–Crippen MR) is 170 cm³/mol. The molecule has 0 spiro atoms. The molecule has 1 unspecified atom stereocenters. The van der Waals surface area contributed by atoms with Gasteiger partial charge in [0.2, 0.25) is 0 Å². The van der Waals surface area contributed by atoms with Crippen molar-refractivity contribution >= 4 is 21.1 Å². The Kier molecular flexibility index (Phi) is 7.39. The molecule has 0 bridgehead atoms. The Labute approximate surface area is 252 Å². The van der Waals surface area contributed by atoms with Crippen LogP contribution in [0.1, 0.15) is 35.1 Å². The number of hydrogen-bond acceptors (Lipinski definition) is 6. The summed E-state index contributed by atoms with van der Waals surface area (Å²) in [6.07, 6.45) is 6.10. The molecule has 0 saturated carbocycles. The van der Waals surface area contributed by atoms with E-state index in [1.807, 2.05) is 19.1 Å². The van der Waals surface area contributed by atoms with Crippen molar-refractivity contribution in [3.05, 3.63) is 107 Å². The summed E-state index contributed by atoms with van der Waals surface area (Å²) in [6, 6.07) is 23.9. The second-order valence-corrected chi connectivity index (χ2v) is 13.7. The Morgan fingerprint density at radius 1 is 0.953 bits per heavy atom. The lowest BCUT2D eigenvalue weighted by molar-refractivity contribution is 0.0668. The fourth-order valence-electron chi connectivity index (χ4n) is 6.35. The van der Waals surface area contributed by atoms with E-state index in [-0.39, 0.29) is 11.0 Å². The summed E-state index contributed by atoms with van der Waals surface area (Å²) in [5.41, 5.74) is 8.98. The number of β-amino-alcohol motifs (C(OH)–C–C–N with tert-alkyl or cyclic N) is 1. The number of aromatic nitrogens is 2. The average Bonchev–Trinajstić information content (AvgIpc) is 3.41. The molecule has 2 aromatic heterocycles. The minimum Gasteiger partial charge on any atom is -0.392 e. The fraction of sp³-hybridized carbons (Fsp3) is 0.286. The predicted octanol–water partition coefficient (Wildman–Crippen LogP) is 5.52. The maximum Gasteiger partial charge on any atom is 0.269 e. The summed E-state index contributed by atoms with van der Waals surface area (Å²) in [4.78, 5) is 7.30. The SMILES string of the molecule is Cc1ccc(S(=O)(=O)n2cc(-c3ccc4c(c3)CCNC4)c3cc(-c4ccc(CN5CCCC(O)C5)cc4)cnc32)cc1. The Morgan fingerprint density at radius 3 is 2.53 bits per heavy atom. The lowest BCUT2D eigenvalue weighted by Crippen LogP contribution is -2.37. The maximum atomic E-state index is 13.9. The van der Waals surface area contributed by atoms with Gasteiger partial charge < -0.3 is 10.4 Å². The molecule has 8 heteroatoms. The van der Waals surface area contributed by atoms with Crippen LogP contribution in [0, 0.1) is 6.92 Å². The van der Waals surface area contributed by atoms with Gasteiger partial charge in [0.25, 0.3) is 10.0 Å². The van der Waals surface area contributed by atoms with Crippen molar-refractivity contribution in [2.75, 3.05) is 19.6 Å². The molecule has 0 amide bonds. The van der Waals surface area contributed by atoms with Gasteiger partial charge in [-0.2, -0.15) is 0 Å². The molecule has 2 aliphatic heterocycles. The minimum atomic E-state index is -3.87. The second-order valence-electron chi connectivity index (χ2n) is 11.9. The van der Waals surface area contributed by atoms with Crippen molar-refractivity contribution in [2.45, 2.75) is 50.3 Å². The van der Waals surface area contributed by atoms with Crippen LogP contribution in [0.25, 0.3) is 33.3 Å². The van der Waals surface area contributed by atoms with E-state index in [0.717, 1.165) is 78.6 Å². The fourth-order valence-corrected chi connectivity index (χ4v) is 7.68. The van der Waals surface area contributed by atoms with Crippen molar-refractivity contribution in [2.24, 2.45) is 0 Å². The molecule has 0 aliphatic carbocycles. The van der Waals surface area contributed by atoms with Crippen LogP contribution in [0.3, 0.4) is 0 Å². The Morgan fingerprint density at radius 2 is 1.74 bits per heavy atom. The lowest BCUT2D eigenvalue weighted by atomic mass is 9.95. The molecular formula is C35H36N4O3S. The summed E-state index contributed by atoms with van der Waals surface area (Å²) in [7, 11) is -3.87. The van der Waals surface area contributed by atoms with Gasteiger partial charge in [0.1, 0.15) is 0 Å². The molecule has 3 aromatic carbocycles. The number of fused-ring (bicyclic) bond motifs is 2. The molecule has 220 valence electrons. The van der Waals surface area contributed by atoms with Crippen molar-refractivity contribution in [1.29, 1.82) is 0 Å². The van der Waals surface area contributed by atoms with Gasteiger partial charge in [0.05, 0.1) is 11.0 Å². The van der Waals surface area contributed by atoms with Gasteiger partial charge in [-0.3, -0.25) is 4.90 Å². The number of nitrogens with zero attached hydrogens (tertiary/aromatic N) is 3. The number of hydrogen-bond donors (Lipinski definition) is 2. The highest BCUT2D eigenvalue weighted by molar-refractivity contribution is 7.90. The van der Waals surface area contributed by atoms with Crippen LogP contribution < -0.4 is 5.32 Å². The Hall–Kier alpha value is -3.82. The molecule has 5 aromatic rings. The van der Waals surface area contributed by atoms with E-state index in [9.17, 15) is 13.5 Å². The van der Waals surface area contributed by atoms with Gasteiger partial charge in [-0.25, -0.2) is 17.4 Å². The molecule has 2 aliphatic rings. The molecular weight excluding hydrogens is 556 g/mol. The second kappa shape index (κ2) is 11.4. The van der Waals surface area contributed by atoms with E-state index >= 15 is 0 Å². The molecule has 7 nitrogen and oxygen atoms in total. The number of aryl methyl sites for hydroxylation is 1. The van der Waals surface area contributed by atoms with Crippen LogP contribution in [0.15, 0.2) is 90.1 Å². The highest BCUT2D eigenvalue weighted by atomic mass is 32.2. The first-order valence-electron chi connectivity index (χ1n) is 15.0. The number of likely N-dealkylation sites (tertiary alicyclic amines) is 1. The molecule has 43 heavy (non-hydrogen) atoms. The van der Waals surface area contributed by atoms with Gasteiger partial charge >= 0.3 is 0 Å². The minimum absolute atomic E-state index is 0.237. The first-order valence-corrected chi connectivity index (χ1v) is 16.5. The smallest absolute Gasteiger partial charge is 0.269 e. The van der Waals surface area contributed by atoms with Gasteiger partial charge in [-0.1, -0.05) is 60.2 Å². The first kappa shape index (κ1) is 28.0. The van der Waals surface area contributed by atoms with Crippen LogP contribution >= 0.6 is 0 Å². The molecule has 1 atom stereocenters. The van der Waals surface area contributed by atoms with Crippen molar-refractivity contribution in [1.82, 2.24) is 19.2 Å². The van der Waals surface area contributed by atoms with Crippen molar-refractivity contribution in [3.63, 3.8) is 0 Å². The summed E-state index contributed by atoms with van der Waals surface area (Å²) in [5, 5.41) is 14.3. The number of piperidine rings is 1. The lowest BCUT2D eigenvalue weighted by Gasteiger charge is -2.29. The number of benzene rings is 3. The van der Waals surface area contributed by atoms with Gasteiger partial charge in [-0.15, -0.1) is 0 Å². The van der Waals surface area contributed by atoms with Crippen LogP contribution in [0.4, 0.5) is 0 Å². The van der Waals surface area contributed by atoms with E-state index in [4.69, 9.17) is 4.98 Å². The monoisotopic (exact) mass is 592 g/mol. The quantitative estimate of drug-likeness (QED) is 0.270. The number of rotatable bonds is 6. The topological polar surface area (TPSA) is 87.5 Å². The molecule has 4 heterocycles. The highest BCUT2D eigenvalue weighted by Crippen LogP contribution is 2.36. The summed E-state index contributed by atoms with van der Waals surface area (Å²) in [6.45, 7) is 6.25. The third-order valence-electron chi connectivity index (χ3n) is 8.77. The summed E-state index contributed by atoms with van der Waals surface area (Å²) in [5.74, 6) is 0. The Bertz CT molecular complexity index is 1900. The number of aliphatic hydroxyl groups excluding tert-OH is 1. The van der Waals surface area contributed by atoms with E-state index < -0.39 is 10.0 Å². The van der Waals surface area contributed by atoms with E-state index in [0.29, 0.717) is 12.2 Å². The third kappa shape index (κ3) is 5.52. The van der Waals surface area contributed by atoms with Gasteiger partial charge in [-0.05, 0) is 85.3 Å². The van der Waals surface area contributed by atoms with Crippen LogP contribution in [0.2, 0.25) is 0 Å². The zero-order chi connectivity index (χ0) is 29.6. The Balaban J connectivity index is 1.30. The normalized spacial score (nSPS) is 17.7. The summed E-state index contributed by atoms with van der Waals surface area (Å²) >= 11 is 0. The number of nitrogens with one attached hydrogen (secondary N) is 1. The summed E-state index contributed by atoms with van der Waals surface area (Å²) < 4.78 is 29.2. The van der Waals surface area contributed by atoms with Gasteiger partial charge in [0.15, 0.2) is 5.65 Å². The molecule has 0 radical (unpaired) electrons. The zero-order valence-corrected chi connectivity index (χ0v) is 25.1. The van der Waals surface area contributed by atoms with E-state index in [2.05, 4.69) is 58.7 Å². The third-order valence-corrected chi connectivity index (χ3v) is 10.4. The van der Waals surface area contributed by atoms with Crippen molar-refractivity contribution in [3.8, 4) is 22.3 Å². The zero-order valence-electron chi connectivity index (χ0n) is 24.3. The highest BCUT2D eigenvalue weighted by Gasteiger charge is 2.24. The van der Waals surface area contributed by atoms with Crippen LogP contribution in [-0.2, 0) is 29.5 Å². The van der Waals surface area contributed by atoms with Crippen LogP contribution in [0.5, 0.6) is 0 Å². The van der Waals surface area contributed by atoms with E-state index in [1.165, 1.54) is 20.7 Å². The van der Waals surface area contributed by atoms with Crippen molar-refractivity contribution < 1.29 is 13.5 Å². The first-order chi connectivity index (χ1) is 20.8. The number of pyridine rings is 1. The van der Waals surface area contributed by atoms with Crippen LogP contribution in [-0.4, -0.2) is 53.1 Å². The molecule has 2 N–H and O–H groups in total. The maximum absolute atomic E-state index is 13.9. The number of aliphatic hydroxyl groups is 1. The van der Waals surface area contributed by atoms with Gasteiger partial charge in [0, 0.05) is 48.5 Å². The van der Waals surface area contributed by atoms with E-state index in [1.54, 1.807) is 24.5 Å².